The second kappa shape index (κ2) is 17.3. The Balaban J connectivity index is 0. The molecule has 0 unspecified atom stereocenters. The third-order valence-corrected chi connectivity index (χ3v) is 4.98. The fraction of sp³-hybridized carbons (Fsp3) is 0.882. The molecule has 0 rings (SSSR count). The molecule has 0 bridgehead atoms. The number of unbranched alkanes of at least 4 members (excludes halogenated alkanes) is 10. The molecule has 0 spiro atoms. The summed E-state index contributed by atoms with van der Waals surface area (Å²) in [6.07, 6.45) is 11.2. The largest absolute Gasteiger partial charge is 1.00 e. The monoisotopic (exact) mass is 386 g/mol. The third kappa shape index (κ3) is 20.1. The molecule has 0 heterocycles. The van der Waals surface area contributed by atoms with E-state index in [0.717, 1.165) is 19.3 Å². The van der Waals surface area contributed by atoms with Gasteiger partial charge in [0.1, 0.15) is 0 Å². The second-order valence-electron chi connectivity index (χ2n) is 6.12. The van der Waals surface area contributed by atoms with Crippen molar-refractivity contribution in [2.24, 2.45) is 0 Å². The summed E-state index contributed by atoms with van der Waals surface area (Å²) in [7, 11) is -3.90. The van der Waals surface area contributed by atoms with Crippen LogP contribution in [0.3, 0.4) is 0 Å². The van der Waals surface area contributed by atoms with Gasteiger partial charge in [-0.15, -0.1) is 0 Å². The minimum atomic E-state index is -3.90. The zero-order chi connectivity index (χ0) is 18.3. The molecule has 0 amide bonds. The molecule has 0 aliphatic carbocycles. The van der Waals surface area contributed by atoms with Crippen molar-refractivity contribution in [2.75, 3.05) is 5.75 Å². The number of carbonyl (C=O) groups excluding carboxylic acids is 2. The van der Waals surface area contributed by atoms with Gasteiger partial charge in [0.2, 0.25) is 0 Å². The molecule has 0 saturated carbocycles. The van der Waals surface area contributed by atoms with Crippen LogP contribution in [0.25, 0.3) is 0 Å². The molecule has 142 valence electrons. The van der Waals surface area contributed by atoms with Crippen LogP contribution in [0.15, 0.2) is 0 Å². The summed E-state index contributed by atoms with van der Waals surface area (Å²) in [5, 5.41) is 10.2. The standard InChI is InChI=1S/C17H32O6S.Na/c1-2-3-4-5-6-7-8-9-10-11-12-15-24(21,22)23-17(20)14-13-16(18)19;/h2-15H2,1H3,(H,18,19);/q;+1/p-1. The molecule has 0 fully saturated rings. The van der Waals surface area contributed by atoms with E-state index >= 15 is 0 Å². The van der Waals surface area contributed by atoms with Crippen molar-refractivity contribution in [3.63, 3.8) is 0 Å². The van der Waals surface area contributed by atoms with Crippen LogP contribution in [-0.4, -0.2) is 26.1 Å². The van der Waals surface area contributed by atoms with Gasteiger partial charge in [0.15, 0.2) is 0 Å². The molecular weight excluding hydrogens is 355 g/mol. The predicted octanol–water partition coefficient (Wildman–Crippen LogP) is -0.295. The predicted molar refractivity (Wildman–Crippen MR) is 90.6 cm³/mol. The number of hydrogen-bond acceptors (Lipinski definition) is 6. The van der Waals surface area contributed by atoms with Crippen LogP contribution in [0.5, 0.6) is 0 Å². The molecule has 0 radical (unpaired) electrons. The van der Waals surface area contributed by atoms with Crippen LogP contribution >= 0.6 is 0 Å². The SMILES string of the molecule is CCCCCCCCCCCCCS(=O)(=O)OC(=O)CCC(=O)[O-].[Na+]. The molecule has 0 aromatic heterocycles. The zero-order valence-corrected chi connectivity index (χ0v) is 18.6. The number of carbonyl (C=O) groups is 2. The zero-order valence-electron chi connectivity index (χ0n) is 15.8. The molecule has 0 aliphatic rings. The van der Waals surface area contributed by atoms with Crippen molar-refractivity contribution in [2.45, 2.75) is 90.4 Å². The fourth-order valence-electron chi connectivity index (χ4n) is 2.37. The number of aliphatic carboxylic acids is 1. The van der Waals surface area contributed by atoms with Gasteiger partial charge in [-0.05, 0) is 12.8 Å². The normalized spacial score (nSPS) is 10.9. The molecular formula is C17H31NaO6S. The Kier molecular flexibility index (Phi) is 18.8. The van der Waals surface area contributed by atoms with Crippen molar-refractivity contribution in [1.82, 2.24) is 0 Å². The van der Waals surface area contributed by atoms with Crippen LogP contribution in [0.1, 0.15) is 90.4 Å². The average molecular weight is 386 g/mol. The minimum Gasteiger partial charge on any atom is -0.550 e. The maximum Gasteiger partial charge on any atom is 1.00 e. The quantitative estimate of drug-likeness (QED) is 0.205. The van der Waals surface area contributed by atoms with Crippen LogP contribution in [0.2, 0.25) is 0 Å². The topological polar surface area (TPSA) is 101 Å². The maximum atomic E-state index is 11.5. The van der Waals surface area contributed by atoms with E-state index in [1.807, 2.05) is 0 Å². The summed E-state index contributed by atoms with van der Waals surface area (Å²) in [5.74, 6) is -2.65. The van der Waals surface area contributed by atoms with Crippen molar-refractivity contribution in [1.29, 1.82) is 0 Å². The average Bonchev–Trinajstić information content (AvgIpc) is 2.50. The Morgan fingerprint density at radius 2 is 1.24 bits per heavy atom. The molecule has 6 nitrogen and oxygen atoms in total. The van der Waals surface area contributed by atoms with E-state index in [2.05, 4.69) is 11.1 Å². The molecule has 8 heteroatoms. The van der Waals surface area contributed by atoms with E-state index < -0.39 is 34.9 Å². The van der Waals surface area contributed by atoms with E-state index in [1.165, 1.54) is 44.9 Å². The molecule has 0 aliphatic heterocycles. The summed E-state index contributed by atoms with van der Waals surface area (Å²) in [4.78, 5) is 21.4. The van der Waals surface area contributed by atoms with Gasteiger partial charge in [0.25, 0.3) is 0 Å². The van der Waals surface area contributed by atoms with E-state index in [9.17, 15) is 23.1 Å². The van der Waals surface area contributed by atoms with Gasteiger partial charge in [0, 0.05) is 5.97 Å². The van der Waals surface area contributed by atoms with Gasteiger partial charge in [-0.1, -0.05) is 71.1 Å². The molecule has 0 aromatic carbocycles. The first-order chi connectivity index (χ1) is 11.4. The summed E-state index contributed by atoms with van der Waals surface area (Å²) >= 11 is 0. The molecule has 25 heavy (non-hydrogen) atoms. The third-order valence-electron chi connectivity index (χ3n) is 3.75. The van der Waals surface area contributed by atoms with E-state index in [4.69, 9.17) is 0 Å². The van der Waals surface area contributed by atoms with Gasteiger partial charge in [-0.2, -0.15) is 8.42 Å². The first kappa shape index (κ1) is 27.1. The van der Waals surface area contributed by atoms with Crippen LogP contribution < -0.4 is 34.7 Å². The first-order valence-corrected chi connectivity index (χ1v) is 10.6. The van der Waals surface area contributed by atoms with Crippen LogP contribution in [-0.2, 0) is 23.9 Å². The van der Waals surface area contributed by atoms with Gasteiger partial charge in [0.05, 0.1) is 12.2 Å². The number of rotatable bonds is 16. The van der Waals surface area contributed by atoms with E-state index in [-0.39, 0.29) is 35.3 Å². The fourth-order valence-corrected chi connectivity index (χ4v) is 3.38. The minimum absolute atomic E-state index is 0. The van der Waals surface area contributed by atoms with Crippen molar-refractivity contribution < 1.29 is 56.9 Å². The molecule has 0 saturated heterocycles. The molecule has 0 atom stereocenters. The number of carboxylic acid groups (broad SMARTS) is 1. The van der Waals surface area contributed by atoms with Gasteiger partial charge < -0.3 is 14.1 Å². The molecule has 0 aromatic rings. The summed E-state index contributed by atoms with van der Waals surface area (Å²) < 4.78 is 27.4. The van der Waals surface area contributed by atoms with E-state index in [0.29, 0.717) is 6.42 Å². The Hall–Kier alpha value is -0.110. The van der Waals surface area contributed by atoms with Gasteiger partial charge in [-0.25, -0.2) is 0 Å². The van der Waals surface area contributed by atoms with Gasteiger partial charge in [-0.3, -0.25) is 4.79 Å². The van der Waals surface area contributed by atoms with Crippen LogP contribution in [0, 0.1) is 0 Å². The Labute approximate surface area is 174 Å². The van der Waals surface area contributed by atoms with Crippen LogP contribution in [0.4, 0.5) is 0 Å². The van der Waals surface area contributed by atoms with Gasteiger partial charge >= 0.3 is 45.6 Å². The first-order valence-electron chi connectivity index (χ1n) is 9.02. The van der Waals surface area contributed by atoms with Crippen molar-refractivity contribution in [3.8, 4) is 0 Å². The smallest absolute Gasteiger partial charge is 0.550 e. The van der Waals surface area contributed by atoms with Crippen molar-refractivity contribution in [3.05, 3.63) is 0 Å². The summed E-state index contributed by atoms with van der Waals surface area (Å²) in [6.45, 7) is 2.20. The number of hydrogen-bond donors (Lipinski definition) is 0. The summed E-state index contributed by atoms with van der Waals surface area (Å²) in [6, 6.07) is 0. The molecule has 0 N–H and O–H groups in total. The summed E-state index contributed by atoms with van der Waals surface area (Å²) in [5.41, 5.74) is 0. The van der Waals surface area contributed by atoms with Crippen molar-refractivity contribution >= 4 is 22.1 Å². The maximum absolute atomic E-state index is 11.5. The van der Waals surface area contributed by atoms with E-state index in [1.54, 1.807) is 0 Å². The second-order valence-corrected chi connectivity index (χ2v) is 7.81. The Bertz CT molecular complexity index is 450. The number of carboxylic acids is 1. The Morgan fingerprint density at radius 3 is 1.68 bits per heavy atom. The Morgan fingerprint density at radius 1 is 0.800 bits per heavy atom.